The molecule has 22 heavy (non-hydrogen) atoms. The molecule has 0 bridgehead atoms. The number of hydrogen-bond donors (Lipinski definition) is 1. The molecule has 2 rings (SSSR count). The maximum Gasteiger partial charge on any atom is 0.342 e. The van der Waals surface area contributed by atoms with Gasteiger partial charge in [0.1, 0.15) is 11.3 Å². The molecule has 116 valence electrons. The number of amides is 1. The predicted molar refractivity (Wildman–Crippen MR) is 81.9 cm³/mol. The summed E-state index contributed by atoms with van der Waals surface area (Å²) >= 11 is 5.80. The lowest BCUT2D eigenvalue weighted by molar-refractivity contribution is -0.124. The molecule has 0 spiro atoms. The van der Waals surface area contributed by atoms with Crippen molar-refractivity contribution >= 4 is 23.5 Å². The largest absolute Gasteiger partial charge is 0.469 e. The van der Waals surface area contributed by atoms with Crippen molar-refractivity contribution in [2.24, 2.45) is 0 Å². The first kappa shape index (κ1) is 16.1. The summed E-state index contributed by atoms with van der Waals surface area (Å²) in [4.78, 5) is 23.3. The van der Waals surface area contributed by atoms with Gasteiger partial charge in [-0.15, -0.1) is 0 Å². The number of aryl methyl sites for hydroxylation is 1. The van der Waals surface area contributed by atoms with Crippen molar-refractivity contribution < 1.29 is 18.7 Å². The fraction of sp³-hybridized carbons (Fsp3) is 0.250. The van der Waals surface area contributed by atoms with Crippen molar-refractivity contribution in [3.05, 3.63) is 58.5 Å². The molecule has 1 aromatic heterocycles. The van der Waals surface area contributed by atoms with E-state index in [1.54, 1.807) is 19.1 Å². The van der Waals surface area contributed by atoms with Gasteiger partial charge in [0, 0.05) is 11.6 Å². The second-order valence-corrected chi connectivity index (χ2v) is 5.13. The molecule has 0 saturated carbocycles. The van der Waals surface area contributed by atoms with Crippen molar-refractivity contribution in [2.75, 3.05) is 13.2 Å². The summed E-state index contributed by atoms with van der Waals surface area (Å²) in [5.74, 6) is -0.448. The molecular weight excluding hydrogens is 306 g/mol. The topological polar surface area (TPSA) is 68.5 Å². The van der Waals surface area contributed by atoms with Gasteiger partial charge in [-0.05, 0) is 37.1 Å². The summed E-state index contributed by atoms with van der Waals surface area (Å²) in [6.07, 6.45) is 2.08. The molecule has 0 radical (unpaired) electrons. The summed E-state index contributed by atoms with van der Waals surface area (Å²) in [6.45, 7) is 1.80. The van der Waals surface area contributed by atoms with Gasteiger partial charge in [-0.3, -0.25) is 4.79 Å². The van der Waals surface area contributed by atoms with Crippen LogP contribution in [-0.2, 0) is 16.0 Å². The van der Waals surface area contributed by atoms with Gasteiger partial charge in [-0.2, -0.15) is 0 Å². The highest BCUT2D eigenvalue weighted by molar-refractivity contribution is 6.30. The predicted octanol–water partition coefficient (Wildman–Crippen LogP) is 2.76. The number of ether oxygens (including phenoxy) is 1. The van der Waals surface area contributed by atoms with E-state index in [0.717, 1.165) is 5.56 Å². The first-order valence-electron chi connectivity index (χ1n) is 6.78. The van der Waals surface area contributed by atoms with Crippen molar-refractivity contribution in [3.8, 4) is 0 Å². The Bertz CT molecular complexity index is 648. The van der Waals surface area contributed by atoms with Crippen molar-refractivity contribution in [1.82, 2.24) is 5.32 Å². The van der Waals surface area contributed by atoms with Crippen LogP contribution in [0.15, 0.2) is 41.0 Å². The summed E-state index contributed by atoms with van der Waals surface area (Å²) in [7, 11) is 0. The van der Waals surface area contributed by atoms with Crippen LogP contribution in [0.1, 0.15) is 21.7 Å². The van der Waals surface area contributed by atoms with Gasteiger partial charge >= 0.3 is 5.97 Å². The Morgan fingerprint density at radius 3 is 2.59 bits per heavy atom. The van der Waals surface area contributed by atoms with E-state index >= 15 is 0 Å². The summed E-state index contributed by atoms with van der Waals surface area (Å²) in [5.41, 5.74) is 1.39. The van der Waals surface area contributed by atoms with Gasteiger partial charge in [0.2, 0.25) is 0 Å². The van der Waals surface area contributed by atoms with Gasteiger partial charge < -0.3 is 14.5 Å². The normalized spacial score (nSPS) is 10.3. The third kappa shape index (κ3) is 4.63. The lowest BCUT2D eigenvalue weighted by atomic mass is 10.1. The number of benzene rings is 1. The standard InChI is InChI=1S/C16H16ClNO4/c1-11-14(7-9-21-11)16(20)22-10-15(19)18-8-6-12-2-4-13(17)5-3-12/h2-5,7,9H,6,8,10H2,1H3,(H,18,19). The fourth-order valence-corrected chi connectivity index (χ4v) is 1.98. The molecule has 0 aliphatic heterocycles. The van der Waals surface area contributed by atoms with E-state index in [-0.39, 0.29) is 12.5 Å². The molecule has 2 aromatic rings. The SMILES string of the molecule is Cc1occc1C(=O)OCC(=O)NCCc1ccc(Cl)cc1. The van der Waals surface area contributed by atoms with Gasteiger partial charge in [0.15, 0.2) is 6.61 Å². The van der Waals surface area contributed by atoms with E-state index < -0.39 is 5.97 Å². The van der Waals surface area contributed by atoms with Gasteiger partial charge in [-0.25, -0.2) is 4.79 Å². The highest BCUT2D eigenvalue weighted by atomic mass is 35.5. The molecule has 0 saturated heterocycles. The average Bonchev–Trinajstić information content (AvgIpc) is 2.93. The maximum absolute atomic E-state index is 11.7. The van der Waals surface area contributed by atoms with E-state index in [2.05, 4.69) is 5.32 Å². The zero-order valence-electron chi connectivity index (χ0n) is 12.1. The average molecular weight is 322 g/mol. The van der Waals surface area contributed by atoms with E-state index in [1.165, 1.54) is 12.3 Å². The Morgan fingerprint density at radius 2 is 1.95 bits per heavy atom. The Balaban J connectivity index is 1.69. The first-order valence-corrected chi connectivity index (χ1v) is 7.16. The molecule has 1 N–H and O–H groups in total. The van der Waals surface area contributed by atoms with Crippen molar-refractivity contribution in [3.63, 3.8) is 0 Å². The van der Waals surface area contributed by atoms with Crippen LogP contribution in [0.5, 0.6) is 0 Å². The zero-order chi connectivity index (χ0) is 15.9. The summed E-state index contributed by atoms with van der Waals surface area (Å²) in [6, 6.07) is 8.91. The lowest BCUT2D eigenvalue weighted by Gasteiger charge is -2.06. The van der Waals surface area contributed by atoms with Crippen LogP contribution in [0.2, 0.25) is 5.02 Å². The van der Waals surface area contributed by atoms with Crippen molar-refractivity contribution in [2.45, 2.75) is 13.3 Å². The highest BCUT2D eigenvalue weighted by Gasteiger charge is 2.14. The molecule has 0 aliphatic carbocycles. The quantitative estimate of drug-likeness (QED) is 0.831. The minimum absolute atomic E-state index is 0.315. The monoisotopic (exact) mass is 321 g/mol. The molecular formula is C16H16ClNO4. The maximum atomic E-state index is 11.7. The Labute approximate surface area is 133 Å². The number of halogens is 1. The Hall–Kier alpha value is -2.27. The van der Waals surface area contributed by atoms with Crippen LogP contribution in [0.4, 0.5) is 0 Å². The molecule has 0 unspecified atom stereocenters. The Morgan fingerprint density at radius 1 is 1.23 bits per heavy atom. The number of carbonyl (C=O) groups is 2. The van der Waals surface area contributed by atoms with Crippen LogP contribution in [0.25, 0.3) is 0 Å². The summed E-state index contributed by atoms with van der Waals surface area (Å²) < 4.78 is 9.92. The molecule has 1 amide bonds. The zero-order valence-corrected chi connectivity index (χ0v) is 12.9. The molecule has 6 heteroatoms. The highest BCUT2D eigenvalue weighted by Crippen LogP contribution is 2.10. The number of hydrogen-bond acceptors (Lipinski definition) is 4. The number of furan rings is 1. The number of nitrogens with one attached hydrogen (secondary N) is 1. The third-order valence-corrected chi connectivity index (χ3v) is 3.31. The molecule has 0 fully saturated rings. The molecule has 1 aromatic carbocycles. The fourth-order valence-electron chi connectivity index (χ4n) is 1.85. The molecule has 0 atom stereocenters. The first-order chi connectivity index (χ1) is 10.6. The van der Waals surface area contributed by atoms with Crippen LogP contribution >= 0.6 is 11.6 Å². The van der Waals surface area contributed by atoms with Crippen LogP contribution < -0.4 is 5.32 Å². The van der Waals surface area contributed by atoms with Crippen molar-refractivity contribution in [1.29, 1.82) is 0 Å². The second-order valence-electron chi connectivity index (χ2n) is 4.69. The van der Waals surface area contributed by atoms with Crippen LogP contribution in [0.3, 0.4) is 0 Å². The van der Waals surface area contributed by atoms with Crippen LogP contribution in [0, 0.1) is 6.92 Å². The van der Waals surface area contributed by atoms with Gasteiger partial charge in [0.25, 0.3) is 5.91 Å². The number of esters is 1. The van der Waals surface area contributed by atoms with Crippen LogP contribution in [-0.4, -0.2) is 25.0 Å². The summed E-state index contributed by atoms with van der Waals surface area (Å²) in [5, 5.41) is 3.36. The smallest absolute Gasteiger partial charge is 0.342 e. The molecule has 0 aliphatic rings. The minimum Gasteiger partial charge on any atom is -0.469 e. The number of rotatable bonds is 6. The Kier molecular flexibility index (Phi) is 5.61. The van der Waals surface area contributed by atoms with E-state index in [4.69, 9.17) is 20.8 Å². The van der Waals surface area contributed by atoms with Gasteiger partial charge in [-0.1, -0.05) is 23.7 Å². The van der Waals surface area contributed by atoms with Gasteiger partial charge in [0.05, 0.1) is 6.26 Å². The lowest BCUT2D eigenvalue weighted by Crippen LogP contribution is -2.30. The van der Waals surface area contributed by atoms with E-state index in [0.29, 0.717) is 29.3 Å². The number of carbonyl (C=O) groups excluding carboxylic acids is 2. The van der Waals surface area contributed by atoms with E-state index in [9.17, 15) is 9.59 Å². The second kappa shape index (κ2) is 7.66. The third-order valence-electron chi connectivity index (χ3n) is 3.06. The van der Waals surface area contributed by atoms with E-state index in [1.807, 2.05) is 12.1 Å². The molecule has 1 heterocycles. The molecule has 5 nitrogen and oxygen atoms in total. The minimum atomic E-state index is -0.570.